The van der Waals surface area contributed by atoms with Crippen molar-refractivity contribution in [1.82, 2.24) is 4.90 Å². The van der Waals surface area contributed by atoms with Crippen LogP contribution >= 0.6 is 23.4 Å². The Morgan fingerprint density at radius 3 is 2.73 bits per heavy atom. The quantitative estimate of drug-likeness (QED) is 0.232. The Balaban J connectivity index is 1.47. The lowest BCUT2D eigenvalue weighted by molar-refractivity contribution is -0.384. The Morgan fingerprint density at radius 1 is 1.18 bits per heavy atom. The number of rotatable bonds is 7. The van der Waals surface area contributed by atoms with Crippen molar-refractivity contribution in [2.24, 2.45) is 0 Å². The van der Waals surface area contributed by atoms with Gasteiger partial charge in [0.15, 0.2) is 0 Å². The Morgan fingerprint density at radius 2 is 1.97 bits per heavy atom. The Kier molecular flexibility index (Phi) is 6.52. The summed E-state index contributed by atoms with van der Waals surface area (Å²) in [6.45, 7) is 1.92. The fraction of sp³-hybridized carbons (Fsp3) is 0.130. The molecule has 0 radical (unpaired) electrons. The van der Waals surface area contributed by atoms with Gasteiger partial charge in [-0.25, -0.2) is 0 Å². The van der Waals surface area contributed by atoms with Crippen molar-refractivity contribution in [2.75, 3.05) is 13.2 Å². The topological polar surface area (TPSA) is 103 Å². The minimum Gasteiger partial charge on any atom is -0.490 e. The van der Waals surface area contributed by atoms with Gasteiger partial charge in [0, 0.05) is 12.1 Å². The zero-order valence-electron chi connectivity index (χ0n) is 17.3. The number of thioether (sulfide) groups is 1. The smallest absolute Gasteiger partial charge is 0.293 e. The average molecular weight is 485 g/mol. The third-order valence-electron chi connectivity index (χ3n) is 4.80. The first-order chi connectivity index (χ1) is 15.8. The zero-order valence-corrected chi connectivity index (χ0v) is 18.9. The van der Waals surface area contributed by atoms with Crippen molar-refractivity contribution >= 4 is 46.3 Å². The molecule has 2 amide bonds. The molecule has 1 aromatic heterocycles. The summed E-state index contributed by atoms with van der Waals surface area (Å²) in [7, 11) is 0. The third kappa shape index (κ3) is 4.94. The van der Waals surface area contributed by atoms with E-state index in [9.17, 15) is 19.7 Å². The lowest BCUT2D eigenvalue weighted by Gasteiger charge is -2.13. The molecule has 8 nitrogen and oxygen atoms in total. The van der Waals surface area contributed by atoms with Gasteiger partial charge in [0.25, 0.3) is 16.8 Å². The van der Waals surface area contributed by atoms with Crippen LogP contribution in [-0.2, 0) is 4.79 Å². The lowest BCUT2D eigenvalue weighted by atomic mass is 10.1. The summed E-state index contributed by atoms with van der Waals surface area (Å²) in [5, 5.41) is 11.4. The fourth-order valence-corrected chi connectivity index (χ4v) is 4.24. The number of benzene rings is 2. The van der Waals surface area contributed by atoms with Crippen LogP contribution in [0.4, 0.5) is 10.5 Å². The van der Waals surface area contributed by atoms with E-state index >= 15 is 0 Å². The molecular formula is C23H17ClN2O6S. The van der Waals surface area contributed by atoms with Gasteiger partial charge in [-0.2, -0.15) is 0 Å². The van der Waals surface area contributed by atoms with Gasteiger partial charge in [0.1, 0.15) is 23.9 Å². The molecule has 10 heteroatoms. The van der Waals surface area contributed by atoms with Gasteiger partial charge in [-0.3, -0.25) is 24.6 Å². The second-order valence-electron chi connectivity index (χ2n) is 7.09. The number of halogens is 1. The van der Waals surface area contributed by atoms with E-state index in [1.807, 2.05) is 0 Å². The average Bonchev–Trinajstić information content (AvgIpc) is 3.34. The maximum Gasteiger partial charge on any atom is 0.293 e. The summed E-state index contributed by atoms with van der Waals surface area (Å²) < 4.78 is 11.3. The van der Waals surface area contributed by atoms with Crippen LogP contribution < -0.4 is 4.74 Å². The van der Waals surface area contributed by atoms with Crippen molar-refractivity contribution in [3.63, 3.8) is 0 Å². The molecule has 0 unspecified atom stereocenters. The minimum atomic E-state index is -0.472. The molecule has 0 saturated carbocycles. The monoisotopic (exact) mass is 484 g/mol. The number of nitro groups is 1. The lowest BCUT2D eigenvalue weighted by Crippen LogP contribution is -2.32. The van der Waals surface area contributed by atoms with Crippen molar-refractivity contribution in [3.8, 4) is 17.1 Å². The van der Waals surface area contributed by atoms with Crippen LogP contribution in [0.1, 0.15) is 11.3 Å². The number of carbonyl (C=O) groups excluding carboxylic acids is 2. The van der Waals surface area contributed by atoms with E-state index in [2.05, 4.69) is 0 Å². The van der Waals surface area contributed by atoms with Gasteiger partial charge in [-0.1, -0.05) is 29.8 Å². The molecule has 0 N–H and O–H groups in total. The van der Waals surface area contributed by atoms with Gasteiger partial charge < -0.3 is 9.15 Å². The van der Waals surface area contributed by atoms with E-state index < -0.39 is 16.1 Å². The minimum absolute atomic E-state index is 0.0617. The van der Waals surface area contributed by atoms with Gasteiger partial charge in [-0.05, 0) is 54.6 Å². The number of aryl methyl sites for hydroxylation is 1. The molecule has 2 aromatic carbocycles. The maximum atomic E-state index is 12.7. The number of hydrogen-bond acceptors (Lipinski definition) is 7. The Labute approximate surface area is 197 Å². The molecule has 1 aliphatic heterocycles. The number of para-hydroxylation sites is 1. The molecule has 2 heterocycles. The molecule has 0 aliphatic carbocycles. The highest BCUT2D eigenvalue weighted by atomic mass is 35.5. The van der Waals surface area contributed by atoms with Gasteiger partial charge >= 0.3 is 0 Å². The SMILES string of the molecule is Cc1ccc(-c2ccc(/C=C3\SC(=O)N(CCOc4ccccc4Cl)C3=O)o2)c([N+](=O)[O-])c1. The van der Waals surface area contributed by atoms with Crippen LogP contribution in [-0.4, -0.2) is 34.1 Å². The zero-order chi connectivity index (χ0) is 23.5. The van der Waals surface area contributed by atoms with Crippen LogP contribution in [0.3, 0.4) is 0 Å². The Hall–Kier alpha value is -3.56. The number of amides is 2. The van der Waals surface area contributed by atoms with Crippen molar-refractivity contribution in [2.45, 2.75) is 6.92 Å². The van der Waals surface area contributed by atoms with Crippen molar-refractivity contribution in [1.29, 1.82) is 0 Å². The number of nitrogens with zero attached hydrogens (tertiary/aromatic N) is 2. The number of ether oxygens (including phenoxy) is 1. The third-order valence-corrected chi connectivity index (χ3v) is 6.02. The largest absolute Gasteiger partial charge is 0.490 e. The second kappa shape index (κ2) is 9.51. The molecule has 0 bridgehead atoms. The number of carbonyl (C=O) groups is 2. The predicted octanol–water partition coefficient (Wildman–Crippen LogP) is 5.93. The highest BCUT2D eigenvalue weighted by Gasteiger charge is 2.35. The van der Waals surface area contributed by atoms with Crippen LogP contribution in [0.15, 0.2) is 63.9 Å². The van der Waals surface area contributed by atoms with Crippen molar-refractivity contribution < 1.29 is 23.7 Å². The number of hydrogen-bond donors (Lipinski definition) is 0. The first-order valence-electron chi connectivity index (χ1n) is 9.81. The summed E-state index contributed by atoms with van der Waals surface area (Å²) in [5.41, 5.74) is 1.01. The summed E-state index contributed by atoms with van der Waals surface area (Å²) in [4.78, 5) is 37.2. The standard InChI is InChI=1S/C23H17ClN2O6S/c1-14-6-8-16(18(12-14)26(29)30)19-9-7-15(32-19)13-21-22(27)25(23(28)33-21)10-11-31-20-5-3-2-4-17(20)24/h2-9,12-13H,10-11H2,1H3/b21-13-. The van der Waals surface area contributed by atoms with Gasteiger partial charge in [0.05, 0.1) is 27.0 Å². The first-order valence-corrected chi connectivity index (χ1v) is 11.0. The number of nitro benzene ring substituents is 1. The highest BCUT2D eigenvalue weighted by Crippen LogP contribution is 2.35. The van der Waals surface area contributed by atoms with Gasteiger partial charge in [-0.15, -0.1) is 0 Å². The molecule has 1 fully saturated rings. The fourth-order valence-electron chi connectivity index (χ4n) is 3.21. The molecule has 4 rings (SSSR count). The molecule has 3 aromatic rings. The molecule has 33 heavy (non-hydrogen) atoms. The molecule has 0 atom stereocenters. The maximum absolute atomic E-state index is 12.7. The van der Waals surface area contributed by atoms with E-state index in [1.54, 1.807) is 55.5 Å². The van der Waals surface area contributed by atoms with E-state index in [0.717, 1.165) is 22.2 Å². The first kappa shape index (κ1) is 22.6. The van der Waals surface area contributed by atoms with Crippen LogP contribution in [0.25, 0.3) is 17.4 Å². The molecule has 1 saturated heterocycles. The summed E-state index contributed by atoms with van der Waals surface area (Å²) >= 11 is 6.83. The number of imide groups is 1. The van der Waals surface area contributed by atoms with E-state index in [1.165, 1.54) is 12.1 Å². The van der Waals surface area contributed by atoms with Crippen LogP contribution in [0, 0.1) is 17.0 Å². The van der Waals surface area contributed by atoms with E-state index in [4.69, 9.17) is 20.8 Å². The molecule has 1 aliphatic rings. The normalized spacial score (nSPS) is 14.8. The highest BCUT2D eigenvalue weighted by molar-refractivity contribution is 8.18. The van der Waals surface area contributed by atoms with E-state index in [0.29, 0.717) is 27.9 Å². The van der Waals surface area contributed by atoms with Crippen molar-refractivity contribution in [3.05, 3.63) is 86.0 Å². The molecule has 0 spiro atoms. The van der Waals surface area contributed by atoms with Crippen LogP contribution in [0.5, 0.6) is 5.75 Å². The summed E-state index contributed by atoms with van der Waals surface area (Å²) in [5.74, 6) is 0.597. The van der Waals surface area contributed by atoms with E-state index in [-0.39, 0.29) is 23.7 Å². The number of furan rings is 1. The van der Waals surface area contributed by atoms with Gasteiger partial charge in [0.2, 0.25) is 0 Å². The molecular weight excluding hydrogens is 468 g/mol. The predicted molar refractivity (Wildman–Crippen MR) is 125 cm³/mol. The Bertz CT molecular complexity index is 1290. The summed E-state index contributed by atoms with van der Waals surface area (Å²) in [6.07, 6.45) is 1.45. The molecule has 168 valence electrons. The van der Waals surface area contributed by atoms with Crippen LogP contribution in [0.2, 0.25) is 5.02 Å². The summed E-state index contributed by atoms with van der Waals surface area (Å²) in [6, 6.07) is 14.9. The second-order valence-corrected chi connectivity index (χ2v) is 8.49.